The highest BCUT2D eigenvalue weighted by molar-refractivity contribution is 7.80. The lowest BCUT2D eigenvalue weighted by molar-refractivity contribution is -0.141. The molecule has 8 N–H and O–H groups in total. The van der Waals surface area contributed by atoms with E-state index in [9.17, 15) is 24.0 Å². The Kier molecular flexibility index (Phi) is 11.6. The smallest absolute Gasteiger partial charge is 0.327 e. The Morgan fingerprint density at radius 2 is 1.34 bits per heavy atom. The number of hydrogen-bond donors (Lipinski definition) is 8. The van der Waals surface area contributed by atoms with Gasteiger partial charge in [-0.05, 0) is 12.0 Å². The second-order valence-corrected chi connectivity index (χ2v) is 7.58. The molecule has 0 fully saturated rings. The zero-order chi connectivity index (χ0) is 24.3. The molecule has 4 unspecified atom stereocenters. The number of carbonyl (C=O) groups is 5. The lowest BCUT2D eigenvalue weighted by Gasteiger charge is -2.23. The Hall–Kier alpha value is -2.77. The van der Waals surface area contributed by atoms with E-state index < -0.39 is 60.2 Å². The Balaban J connectivity index is 2.82. The Labute approximate surface area is 195 Å². The second-order valence-electron chi connectivity index (χ2n) is 6.85. The second kappa shape index (κ2) is 13.6. The number of thiol groups is 2. The largest absolute Gasteiger partial charge is 0.480 e. The molecule has 0 spiro atoms. The van der Waals surface area contributed by atoms with E-state index in [1.54, 1.807) is 24.3 Å². The maximum absolute atomic E-state index is 12.6. The summed E-state index contributed by atoms with van der Waals surface area (Å²) in [7, 11) is 0. The number of nitrogens with two attached hydrogens (primary N) is 2. The third-order valence-electron chi connectivity index (χ3n) is 4.29. The summed E-state index contributed by atoms with van der Waals surface area (Å²) in [5.41, 5.74) is 11.9. The molecule has 176 valence electrons. The Morgan fingerprint density at radius 3 is 1.84 bits per heavy atom. The van der Waals surface area contributed by atoms with E-state index >= 15 is 0 Å². The van der Waals surface area contributed by atoms with E-state index in [2.05, 4.69) is 41.2 Å². The van der Waals surface area contributed by atoms with E-state index in [-0.39, 0.29) is 17.9 Å². The summed E-state index contributed by atoms with van der Waals surface area (Å²) in [4.78, 5) is 59.8. The zero-order valence-electron chi connectivity index (χ0n) is 17.1. The van der Waals surface area contributed by atoms with Crippen LogP contribution in [0, 0.1) is 0 Å². The highest BCUT2D eigenvalue weighted by Crippen LogP contribution is 2.03. The molecule has 0 aliphatic heterocycles. The zero-order valence-corrected chi connectivity index (χ0v) is 18.9. The van der Waals surface area contributed by atoms with Crippen molar-refractivity contribution < 1.29 is 29.1 Å². The predicted octanol–water partition coefficient (Wildman–Crippen LogP) is -2.17. The van der Waals surface area contributed by atoms with Crippen LogP contribution in [0.4, 0.5) is 0 Å². The van der Waals surface area contributed by atoms with Crippen molar-refractivity contribution in [1.29, 1.82) is 0 Å². The van der Waals surface area contributed by atoms with Gasteiger partial charge in [0.1, 0.15) is 18.1 Å². The average molecular weight is 486 g/mol. The monoisotopic (exact) mass is 485 g/mol. The fourth-order valence-electron chi connectivity index (χ4n) is 2.57. The van der Waals surface area contributed by atoms with Gasteiger partial charge < -0.3 is 32.5 Å². The van der Waals surface area contributed by atoms with Gasteiger partial charge in [0.15, 0.2) is 0 Å². The first kappa shape index (κ1) is 27.3. The van der Waals surface area contributed by atoms with Crippen LogP contribution < -0.4 is 27.4 Å². The van der Waals surface area contributed by atoms with Crippen LogP contribution in [0.25, 0.3) is 0 Å². The van der Waals surface area contributed by atoms with E-state index in [0.717, 1.165) is 5.56 Å². The van der Waals surface area contributed by atoms with Gasteiger partial charge in [-0.2, -0.15) is 25.3 Å². The van der Waals surface area contributed by atoms with Crippen LogP contribution in [0.2, 0.25) is 0 Å². The Morgan fingerprint density at radius 1 is 0.844 bits per heavy atom. The van der Waals surface area contributed by atoms with Crippen LogP contribution in [-0.2, 0) is 30.4 Å². The summed E-state index contributed by atoms with van der Waals surface area (Å²) in [6.45, 7) is 0. The SMILES string of the molecule is NC(=O)CC(NC(=O)C(N)Cc1ccccc1)C(=O)NC(CS)C(=O)NC(CS)C(=O)O. The maximum Gasteiger partial charge on any atom is 0.327 e. The fourth-order valence-corrected chi connectivity index (χ4v) is 3.08. The van der Waals surface area contributed by atoms with Gasteiger partial charge in [-0.3, -0.25) is 19.2 Å². The van der Waals surface area contributed by atoms with Crippen molar-refractivity contribution in [2.75, 3.05) is 11.5 Å². The minimum atomic E-state index is -1.39. The lowest BCUT2D eigenvalue weighted by Crippen LogP contribution is -2.58. The first-order chi connectivity index (χ1) is 15.1. The van der Waals surface area contributed by atoms with Crippen molar-refractivity contribution >= 4 is 54.9 Å². The van der Waals surface area contributed by atoms with Crippen LogP contribution in [0.15, 0.2) is 30.3 Å². The molecule has 0 aliphatic carbocycles. The molecule has 0 aromatic heterocycles. The third-order valence-corrected chi connectivity index (χ3v) is 5.02. The molecular formula is C19H27N5O6S2. The minimum Gasteiger partial charge on any atom is -0.480 e. The highest BCUT2D eigenvalue weighted by Gasteiger charge is 2.30. The van der Waals surface area contributed by atoms with Crippen molar-refractivity contribution in [2.45, 2.75) is 37.0 Å². The first-order valence-electron chi connectivity index (χ1n) is 9.52. The van der Waals surface area contributed by atoms with Gasteiger partial charge in [0.25, 0.3) is 0 Å². The number of amides is 4. The van der Waals surface area contributed by atoms with Crippen molar-refractivity contribution in [3.05, 3.63) is 35.9 Å². The van der Waals surface area contributed by atoms with Gasteiger partial charge in [0, 0.05) is 11.5 Å². The highest BCUT2D eigenvalue weighted by atomic mass is 32.1. The summed E-state index contributed by atoms with van der Waals surface area (Å²) < 4.78 is 0. The van der Waals surface area contributed by atoms with Gasteiger partial charge >= 0.3 is 5.97 Å². The lowest BCUT2D eigenvalue weighted by atomic mass is 10.1. The fraction of sp³-hybridized carbons (Fsp3) is 0.421. The van der Waals surface area contributed by atoms with E-state index in [4.69, 9.17) is 16.6 Å². The van der Waals surface area contributed by atoms with Crippen LogP contribution >= 0.6 is 25.3 Å². The van der Waals surface area contributed by atoms with Crippen LogP contribution in [0.5, 0.6) is 0 Å². The number of rotatable bonds is 13. The summed E-state index contributed by atoms with van der Waals surface area (Å²) >= 11 is 7.84. The number of primary amides is 1. The molecule has 4 amide bonds. The number of hydrogen-bond acceptors (Lipinski definition) is 8. The summed E-state index contributed by atoms with van der Waals surface area (Å²) in [5.74, 6) is -4.91. The van der Waals surface area contributed by atoms with Crippen molar-refractivity contribution in [3.63, 3.8) is 0 Å². The van der Waals surface area contributed by atoms with Crippen molar-refractivity contribution in [3.8, 4) is 0 Å². The number of nitrogens with one attached hydrogen (secondary N) is 3. The van der Waals surface area contributed by atoms with Crippen LogP contribution in [0.1, 0.15) is 12.0 Å². The summed E-state index contributed by atoms with van der Waals surface area (Å²) in [6, 6.07) is 4.04. The van der Waals surface area contributed by atoms with Gasteiger partial charge in [0.2, 0.25) is 23.6 Å². The molecule has 0 aliphatic rings. The van der Waals surface area contributed by atoms with E-state index in [0.29, 0.717) is 0 Å². The summed E-state index contributed by atoms with van der Waals surface area (Å²) in [6.07, 6.45) is -0.343. The topological polar surface area (TPSA) is 194 Å². The van der Waals surface area contributed by atoms with Crippen LogP contribution in [0.3, 0.4) is 0 Å². The molecule has 1 rings (SSSR count). The average Bonchev–Trinajstić information content (AvgIpc) is 2.74. The van der Waals surface area contributed by atoms with E-state index in [1.165, 1.54) is 0 Å². The molecule has 32 heavy (non-hydrogen) atoms. The van der Waals surface area contributed by atoms with Crippen molar-refractivity contribution in [2.24, 2.45) is 11.5 Å². The Bertz CT molecular complexity index is 826. The standard InChI is InChI=1S/C19H27N5O6S2/c20-11(6-10-4-2-1-3-5-10)16(26)22-12(7-15(21)25)17(27)23-13(8-31)18(28)24-14(9-32)19(29)30/h1-5,11-14,31-32H,6-9,20H2,(H2,21,25)(H,22,26)(H,23,27)(H,24,28)(H,29,30). The molecule has 1 aromatic rings. The van der Waals surface area contributed by atoms with Gasteiger partial charge in [0.05, 0.1) is 12.5 Å². The van der Waals surface area contributed by atoms with E-state index in [1.807, 2.05) is 6.07 Å². The molecule has 0 bridgehead atoms. The number of carboxylic acids is 1. The number of aliphatic carboxylic acids is 1. The van der Waals surface area contributed by atoms with Gasteiger partial charge in [-0.1, -0.05) is 30.3 Å². The molecule has 0 heterocycles. The summed E-state index contributed by atoms with van der Waals surface area (Å²) in [5, 5.41) is 15.9. The minimum absolute atomic E-state index is 0.173. The first-order valence-corrected chi connectivity index (χ1v) is 10.8. The maximum atomic E-state index is 12.6. The van der Waals surface area contributed by atoms with Gasteiger partial charge in [-0.15, -0.1) is 0 Å². The third kappa shape index (κ3) is 9.16. The van der Waals surface area contributed by atoms with Crippen LogP contribution in [-0.4, -0.2) is 70.4 Å². The molecule has 11 nitrogen and oxygen atoms in total. The molecule has 4 atom stereocenters. The van der Waals surface area contributed by atoms with Crippen molar-refractivity contribution in [1.82, 2.24) is 16.0 Å². The van der Waals surface area contributed by atoms with Gasteiger partial charge in [-0.25, -0.2) is 4.79 Å². The normalized spacial score (nSPS) is 14.3. The predicted molar refractivity (Wildman–Crippen MR) is 123 cm³/mol. The number of benzene rings is 1. The molecule has 0 radical (unpaired) electrons. The number of carboxylic acid groups (broad SMARTS) is 1. The molecule has 0 saturated carbocycles. The quantitative estimate of drug-likeness (QED) is 0.146. The molecule has 1 aromatic carbocycles. The molecule has 13 heteroatoms. The number of carbonyl (C=O) groups excluding carboxylic acids is 4. The molecular weight excluding hydrogens is 458 g/mol. The molecule has 0 saturated heterocycles.